The number of hydrogen-bond donors (Lipinski definition) is 2. The number of nitrogens with zero attached hydrogens (tertiary/aromatic N) is 2. The summed E-state index contributed by atoms with van der Waals surface area (Å²) in [6, 6.07) is 5.48. The molecule has 0 fully saturated rings. The second-order valence-electron chi connectivity index (χ2n) is 4.44. The van der Waals surface area contributed by atoms with Crippen LogP contribution in [0.25, 0.3) is 12.2 Å². The Kier molecular flexibility index (Phi) is 4.21. The van der Waals surface area contributed by atoms with Crippen molar-refractivity contribution in [1.29, 1.82) is 0 Å². The first kappa shape index (κ1) is 15.2. The second kappa shape index (κ2) is 6.08. The first-order chi connectivity index (χ1) is 10.4. The van der Waals surface area contributed by atoms with Gasteiger partial charge in [-0.15, -0.1) is 0 Å². The number of rotatable bonds is 4. The van der Waals surface area contributed by atoms with E-state index in [-0.39, 0.29) is 5.82 Å². The molecule has 114 valence electrons. The number of aryl methyl sites for hydroxylation is 1. The maximum atomic E-state index is 11.5. The average molecular weight is 303 g/mol. The molecule has 2 rings (SSSR count). The van der Waals surface area contributed by atoms with E-state index in [0.717, 1.165) is 11.1 Å². The highest BCUT2D eigenvalue weighted by Gasteiger charge is 2.21. The molecule has 2 aromatic rings. The van der Waals surface area contributed by atoms with E-state index in [1.54, 1.807) is 19.3 Å². The van der Waals surface area contributed by atoms with Crippen LogP contribution in [-0.4, -0.2) is 27.1 Å². The lowest BCUT2D eigenvalue weighted by Gasteiger charge is -2.04. The summed E-state index contributed by atoms with van der Waals surface area (Å²) in [4.78, 5) is 26.9. The van der Waals surface area contributed by atoms with Gasteiger partial charge < -0.3 is 14.8 Å². The second-order valence-corrected chi connectivity index (χ2v) is 4.44. The third kappa shape index (κ3) is 3.11. The molecule has 8 nitrogen and oxygen atoms in total. The van der Waals surface area contributed by atoms with Gasteiger partial charge in [0.25, 0.3) is 5.88 Å². The van der Waals surface area contributed by atoms with Crippen LogP contribution in [0.4, 0.5) is 5.69 Å². The van der Waals surface area contributed by atoms with Crippen LogP contribution in [0.5, 0.6) is 11.6 Å². The van der Waals surface area contributed by atoms with E-state index in [0.29, 0.717) is 5.75 Å². The molecule has 0 unspecified atom stereocenters. The van der Waals surface area contributed by atoms with Gasteiger partial charge >= 0.3 is 11.2 Å². The highest BCUT2D eigenvalue weighted by atomic mass is 16.6. The third-order valence-corrected chi connectivity index (χ3v) is 2.94. The number of hydrogen-bond acceptors (Lipinski definition) is 6. The molecule has 1 aromatic carbocycles. The number of aromatic hydroxyl groups is 1. The van der Waals surface area contributed by atoms with Crippen molar-refractivity contribution >= 4 is 17.8 Å². The van der Waals surface area contributed by atoms with E-state index in [2.05, 4.69) is 9.97 Å². The zero-order valence-corrected chi connectivity index (χ0v) is 11.9. The van der Waals surface area contributed by atoms with Crippen LogP contribution in [0.1, 0.15) is 17.0 Å². The quantitative estimate of drug-likeness (QED) is 0.657. The molecule has 0 spiro atoms. The minimum absolute atomic E-state index is 0.00708. The number of aromatic amines is 1. The Morgan fingerprint density at radius 2 is 2.14 bits per heavy atom. The van der Waals surface area contributed by atoms with Gasteiger partial charge in [0.1, 0.15) is 11.6 Å². The summed E-state index contributed by atoms with van der Waals surface area (Å²) in [6.07, 6.45) is 3.06. The fourth-order valence-electron chi connectivity index (χ4n) is 1.83. The number of nitro groups is 1. The molecule has 0 aliphatic carbocycles. The number of benzene rings is 1. The van der Waals surface area contributed by atoms with Crippen LogP contribution >= 0.6 is 0 Å². The molecular formula is C14H13N3O5. The van der Waals surface area contributed by atoms with Gasteiger partial charge in [-0.05, 0) is 30.2 Å². The minimum atomic E-state index is -1.02. The Morgan fingerprint density at radius 3 is 2.73 bits per heavy atom. The molecule has 22 heavy (non-hydrogen) atoms. The van der Waals surface area contributed by atoms with E-state index < -0.39 is 22.0 Å². The largest absolute Gasteiger partial charge is 0.496 e. The van der Waals surface area contributed by atoms with Gasteiger partial charge in [-0.25, -0.2) is 0 Å². The molecular weight excluding hydrogens is 290 g/mol. The summed E-state index contributed by atoms with van der Waals surface area (Å²) in [6.45, 7) is 1.90. The molecule has 0 aliphatic heterocycles. The summed E-state index contributed by atoms with van der Waals surface area (Å²) < 4.78 is 5.20. The number of methoxy groups -OCH3 is 1. The Bertz CT molecular complexity index is 811. The summed E-state index contributed by atoms with van der Waals surface area (Å²) >= 11 is 0. The average Bonchev–Trinajstić information content (AvgIpc) is 2.45. The van der Waals surface area contributed by atoms with Crippen LogP contribution in [0, 0.1) is 17.0 Å². The van der Waals surface area contributed by atoms with E-state index in [1.807, 2.05) is 19.1 Å². The Labute approximate surface area is 124 Å². The molecule has 0 amide bonds. The van der Waals surface area contributed by atoms with Gasteiger partial charge in [-0.2, -0.15) is 4.98 Å². The van der Waals surface area contributed by atoms with Crippen LogP contribution in [0.15, 0.2) is 23.0 Å². The highest BCUT2D eigenvalue weighted by molar-refractivity contribution is 5.68. The first-order valence-corrected chi connectivity index (χ1v) is 6.22. The van der Waals surface area contributed by atoms with E-state index in [1.165, 1.54) is 6.08 Å². The Morgan fingerprint density at radius 1 is 1.41 bits per heavy atom. The standard InChI is InChI=1S/C14H13N3O5/c1-8-3-4-9(7-10(8)22-2)5-6-11-15-13(18)12(17(20)21)14(19)16-11/h3-7H,1-2H3,(H2,15,16,18,19)/b6-5-. The van der Waals surface area contributed by atoms with Gasteiger partial charge in [0, 0.05) is 0 Å². The summed E-state index contributed by atoms with van der Waals surface area (Å²) in [7, 11) is 1.56. The Balaban J connectivity index is 2.35. The summed E-state index contributed by atoms with van der Waals surface area (Å²) in [5, 5.41) is 20.0. The van der Waals surface area contributed by atoms with E-state index in [9.17, 15) is 20.0 Å². The lowest BCUT2D eigenvalue weighted by molar-refractivity contribution is -0.387. The molecule has 0 saturated carbocycles. The molecule has 0 radical (unpaired) electrons. The first-order valence-electron chi connectivity index (χ1n) is 6.22. The Hall–Kier alpha value is -3.16. The molecule has 0 bridgehead atoms. The predicted molar refractivity (Wildman–Crippen MR) is 79.8 cm³/mol. The predicted octanol–water partition coefficient (Wildman–Crippen LogP) is 1.87. The zero-order chi connectivity index (χ0) is 16.3. The molecule has 2 N–H and O–H groups in total. The SMILES string of the molecule is COc1cc(/C=C\c2nc(O)c([N+](=O)[O-])c(=O)[nH]2)ccc1C. The number of nitrogens with one attached hydrogen (secondary N) is 1. The van der Waals surface area contributed by atoms with Crippen molar-refractivity contribution in [2.45, 2.75) is 6.92 Å². The van der Waals surface area contributed by atoms with E-state index >= 15 is 0 Å². The van der Waals surface area contributed by atoms with Crippen molar-refractivity contribution in [3.05, 3.63) is 55.6 Å². The van der Waals surface area contributed by atoms with Gasteiger partial charge in [-0.1, -0.05) is 18.2 Å². The fourth-order valence-corrected chi connectivity index (χ4v) is 1.83. The molecule has 0 atom stereocenters. The van der Waals surface area contributed by atoms with Crippen LogP contribution < -0.4 is 10.3 Å². The maximum absolute atomic E-state index is 11.5. The van der Waals surface area contributed by atoms with Gasteiger partial charge in [0.2, 0.25) is 0 Å². The van der Waals surface area contributed by atoms with Crippen molar-refractivity contribution in [2.75, 3.05) is 7.11 Å². The summed E-state index contributed by atoms with van der Waals surface area (Å²) in [5.74, 6) is -0.210. The number of ether oxygens (including phenoxy) is 1. The van der Waals surface area contributed by atoms with Gasteiger partial charge in [-0.3, -0.25) is 14.9 Å². The van der Waals surface area contributed by atoms with Gasteiger partial charge in [0.05, 0.1) is 12.0 Å². The molecule has 0 saturated heterocycles. The normalized spacial score (nSPS) is 10.8. The van der Waals surface area contributed by atoms with Crippen molar-refractivity contribution < 1.29 is 14.8 Å². The van der Waals surface area contributed by atoms with Crippen molar-refractivity contribution in [3.8, 4) is 11.6 Å². The lowest BCUT2D eigenvalue weighted by atomic mass is 10.1. The third-order valence-electron chi connectivity index (χ3n) is 2.94. The monoisotopic (exact) mass is 303 g/mol. The summed E-state index contributed by atoms with van der Waals surface area (Å²) in [5.41, 5.74) is -0.241. The fraction of sp³-hybridized carbons (Fsp3) is 0.143. The van der Waals surface area contributed by atoms with Crippen LogP contribution in [0.2, 0.25) is 0 Å². The zero-order valence-electron chi connectivity index (χ0n) is 11.9. The van der Waals surface area contributed by atoms with Crippen molar-refractivity contribution in [2.24, 2.45) is 0 Å². The van der Waals surface area contributed by atoms with Crippen molar-refractivity contribution in [1.82, 2.24) is 9.97 Å². The van der Waals surface area contributed by atoms with Crippen LogP contribution in [-0.2, 0) is 0 Å². The number of H-pyrrole nitrogens is 1. The molecule has 1 heterocycles. The topological polar surface area (TPSA) is 118 Å². The molecule has 0 aliphatic rings. The molecule has 8 heteroatoms. The lowest BCUT2D eigenvalue weighted by Crippen LogP contribution is -2.14. The van der Waals surface area contributed by atoms with Crippen molar-refractivity contribution in [3.63, 3.8) is 0 Å². The molecule has 1 aromatic heterocycles. The highest BCUT2D eigenvalue weighted by Crippen LogP contribution is 2.21. The maximum Gasteiger partial charge on any atom is 0.395 e. The van der Waals surface area contributed by atoms with E-state index in [4.69, 9.17) is 4.74 Å². The number of aromatic nitrogens is 2. The minimum Gasteiger partial charge on any atom is -0.496 e. The van der Waals surface area contributed by atoms with Crippen LogP contribution in [0.3, 0.4) is 0 Å². The smallest absolute Gasteiger partial charge is 0.395 e. The van der Waals surface area contributed by atoms with Gasteiger partial charge in [0.15, 0.2) is 0 Å².